The summed E-state index contributed by atoms with van der Waals surface area (Å²) in [6.45, 7) is 0. The SMILES string of the molecule is O=C(N[C@@H]1CCS(=O)(=O)C1)c1ccc2[nH]c3c(c2c1)CCCC3. The van der Waals surface area contributed by atoms with E-state index >= 15 is 0 Å². The standard InChI is InChI=1S/C17H20N2O3S/c20-17(18-12-7-8-23(21,22)10-12)11-5-6-16-14(9-11)13-3-1-2-4-15(13)19-16/h5-6,9,12,19H,1-4,7-8,10H2,(H,18,20)/t12-/m1/s1. The minimum atomic E-state index is -2.98. The summed E-state index contributed by atoms with van der Waals surface area (Å²) in [7, 11) is -2.98. The number of amides is 1. The van der Waals surface area contributed by atoms with Crippen molar-refractivity contribution in [1.82, 2.24) is 10.3 Å². The Morgan fingerprint density at radius 1 is 1.22 bits per heavy atom. The molecule has 122 valence electrons. The molecule has 0 spiro atoms. The molecule has 4 rings (SSSR count). The van der Waals surface area contributed by atoms with Crippen molar-refractivity contribution >= 4 is 26.6 Å². The van der Waals surface area contributed by atoms with Crippen LogP contribution in [0.2, 0.25) is 0 Å². The molecule has 1 aromatic carbocycles. The summed E-state index contributed by atoms with van der Waals surface area (Å²) in [4.78, 5) is 15.9. The molecule has 0 unspecified atom stereocenters. The molecule has 1 aromatic heterocycles. The zero-order chi connectivity index (χ0) is 16.0. The molecule has 0 bridgehead atoms. The maximum atomic E-state index is 12.4. The molecule has 1 amide bonds. The molecule has 1 aliphatic heterocycles. The molecule has 1 atom stereocenters. The van der Waals surface area contributed by atoms with Crippen LogP contribution in [0.25, 0.3) is 10.9 Å². The molecule has 2 aliphatic rings. The Balaban J connectivity index is 1.60. The van der Waals surface area contributed by atoms with Crippen molar-refractivity contribution in [3.8, 4) is 0 Å². The molecule has 23 heavy (non-hydrogen) atoms. The predicted octanol–water partition coefficient (Wildman–Crippen LogP) is 1.96. The quantitative estimate of drug-likeness (QED) is 0.882. The Morgan fingerprint density at radius 3 is 2.83 bits per heavy atom. The fourth-order valence-corrected chi connectivity index (χ4v) is 5.40. The number of hydrogen-bond donors (Lipinski definition) is 2. The highest BCUT2D eigenvalue weighted by molar-refractivity contribution is 7.91. The Morgan fingerprint density at radius 2 is 2.04 bits per heavy atom. The summed E-state index contributed by atoms with van der Waals surface area (Å²) in [6.07, 6.45) is 5.04. The van der Waals surface area contributed by atoms with Crippen LogP contribution in [0.4, 0.5) is 0 Å². The van der Waals surface area contributed by atoms with Gasteiger partial charge in [0.1, 0.15) is 0 Å². The highest BCUT2D eigenvalue weighted by Gasteiger charge is 2.29. The van der Waals surface area contributed by atoms with Gasteiger partial charge in [-0.05, 0) is 55.9 Å². The van der Waals surface area contributed by atoms with Gasteiger partial charge in [0.15, 0.2) is 9.84 Å². The van der Waals surface area contributed by atoms with Gasteiger partial charge < -0.3 is 10.3 Å². The Kier molecular flexibility index (Phi) is 3.44. The first-order valence-electron chi connectivity index (χ1n) is 8.17. The fourth-order valence-electron chi connectivity index (χ4n) is 3.72. The van der Waals surface area contributed by atoms with Crippen LogP contribution in [0.3, 0.4) is 0 Å². The van der Waals surface area contributed by atoms with Gasteiger partial charge in [0.2, 0.25) is 0 Å². The van der Waals surface area contributed by atoms with Gasteiger partial charge in [-0.15, -0.1) is 0 Å². The van der Waals surface area contributed by atoms with Crippen molar-refractivity contribution in [3.63, 3.8) is 0 Å². The van der Waals surface area contributed by atoms with Gasteiger partial charge in [0.25, 0.3) is 5.91 Å². The average molecular weight is 332 g/mol. The Labute approximate surface area is 135 Å². The van der Waals surface area contributed by atoms with E-state index in [1.165, 1.54) is 24.1 Å². The lowest BCUT2D eigenvalue weighted by Crippen LogP contribution is -2.35. The number of sulfone groups is 1. The molecule has 1 aliphatic carbocycles. The van der Waals surface area contributed by atoms with E-state index in [1.54, 1.807) is 0 Å². The van der Waals surface area contributed by atoms with Crippen molar-refractivity contribution in [2.45, 2.75) is 38.1 Å². The second-order valence-corrected chi connectivity index (χ2v) is 8.85. The maximum Gasteiger partial charge on any atom is 0.251 e. The van der Waals surface area contributed by atoms with Gasteiger partial charge in [0, 0.05) is 28.2 Å². The Bertz CT molecular complexity index is 883. The number of benzene rings is 1. The summed E-state index contributed by atoms with van der Waals surface area (Å²) in [5.41, 5.74) is 4.32. The van der Waals surface area contributed by atoms with E-state index in [2.05, 4.69) is 10.3 Å². The second-order valence-electron chi connectivity index (χ2n) is 6.62. The van der Waals surface area contributed by atoms with Gasteiger partial charge >= 0.3 is 0 Å². The summed E-state index contributed by atoms with van der Waals surface area (Å²) >= 11 is 0. The topological polar surface area (TPSA) is 79.0 Å². The third kappa shape index (κ3) is 2.76. The Hall–Kier alpha value is -1.82. The lowest BCUT2D eigenvalue weighted by molar-refractivity contribution is 0.0941. The van der Waals surface area contributed by atoms with E-state index in [4.69, 9.17) is 0 Å². The van der Waals surface area contributed by atoms with E-state index in [0.29, 0.717) is 12.0 Å². The average Bonchev–Trinajstić information content (AvgIpc) is 3.06. The van der Waals surface area contributed by atoms with Gasteiger partial charge in [-0.2, -0.15) is 0 Å². The number of carbonyl (C=O) groups is 1. The molecule has 2 heterocycles. The third-order valence-electron chi connectivity index (χ3n) is 4.93. The third-order valence-corrected chi connectivity index (χ3v) is 6.70. The van der Waals surface area contributed by atoms with Gasteiger partial charge in [0.05, 0.1) is 11.5 Å². The smallest absolute Gasteiger partial charge is 0.251 e. The first-order chi connectivity index (χ1) is 11.0. The van der Waals surface area contributed by atoms with Crippen LogP contribution in [0.15, 0.2) is 18.2 Å². The fraction of sp³-hybridized carbons (Fsp3) is 0.471. The van der Waals surface area contributed by atoms with Gasteiger partial charge in [-0.25, -0.2) is 8.42 Å². The number of H-pyrrole nitrogens is 1. The summed E-state index contributed by atoms with van der Waals surface area (Å²) in [6, 6.07) is 5.44. The zero-order valence-corrected chi connectivity index (χ0v) is 13.7. The molecule has 2 N–H and O–H groups in total. The first kappa shape index (κ1) is 14.8. The molecular weight excluding hydrogens is 312 g/mol. The van der Waals surface area contributed by atoms with Gasteiger partial charge in [-0.1, -0.05) is 0 Å². The van der Waals surface area contributed by atoms with Crippen LogP contribution in [-0.4, -0.2) is 36.9 Å². The van der Waals surface area contributed by atoms with Crippen LogP contribution in [0, 0.1) is 0 Å². The van der Waals surface area contributed by atoms with E-state index in [0.717, 1.165) is 23.7 Å². The van der Waals surface area contributed by atoms with Gasteiger partial charge in [-0.3, -0.25) is 4.79 Å². The van der Waals surface area contributed by atoms with E-state index in [9.17, 15) is 13.2 Å². The van der Waals surface area contributed by atoms with Crippen molar-refractivity contribution in [3.05, 3.63) is 35.0 Å². The van der Waals surface area contributed by atoms with Crippen LogP contribution in [-0.2, 0) is 22.7 Å². The lowest BCUT2D eigenvalue weighted by atomic mass is 9.95. The maximum absolute atomic E-state index is 12.4. The number of rotatable bonds is 2. The van der Waals surface area contributed by atoms with Crippen LogP contribution in [0.5, 0.6) is 0 Å². The normalized spacial score (nSPS) is 22.9. The van der Waals surface area contributed by atoms with E-state index in [1.807, 2.05) is 18.2 Å². The predicted molar refractivity (Wildman–Crippen MR) is 89.5 cm³/mol. The monoisotopic (exact) mass is 332 g/mol. The zero-order valence-electron chi connectivity index (χ0n) is 12.9. The molecule has 6 heteroatoms. The molecule has 5 nitrogen and oxygen atoms in total. The molecule has 1 saturated heterocycles. The van der Waals surface area contributed by atoms with Crippen molar-refractivity contribution in [1.29, 1.82) is 0 Å². The number of fused-ring (bicyclic) bond motifs is 3. The minimum Gasteiger partial charge on any atom is -0.358 e. The molecule has 0 saturated carbocycles. The van der Waals surface area contributed by atoms with Crippen LogP contribution >= 0.6 is 0 Å². The number of aromatic amines is 1. The molecule has 2 aromatic rings. The largest absolute Gasteiger partial charge is 0.358 e. The number of aromatic nitrogens is 1. The highest BCUT2D eigenvalue weighted by atomic mass is 32.2. The minimum absolute atomic E-state index is 0.0561. The van der Waals surface area contributed by atoms with E-state index < -0.39 is 9.84 Å². The molecule has 1 fully saturated rings. The van der Waals surface area contributed by atoms with E-state index in [-0.39, 0.29) is 23.5 Å². The molecule has 0 radical (unpaired) electrons. The number of aryl methyl sites for hydroxylation is 2. The summed E-state index contributed by atoms with van der Waals surface area (Å²) in [5, 5.41) is 3.99. The number of hydrogen-bond acceptors (Lipinski definition) is 3. The second kappa shape index (κ2) is 5.37. The summed E-state index contributed by atoms with van der Waals surface area (Å²) in [5.74, 6) is 0.0443. The summed E-state index contributed by atoms with van der Waals surface area (Å²) < 4.78 is 23.0. The number of carbonyl (C=O) groups excluding carboxylic acids is 1. The van der Waals surface area contributed by atoms with Crippen molar-refractivity contribution in [2.24, 2.45) is 0 Å². The van der Waals surface area contributed by atoms with Crippen LogP contribution in [0.1, 0.15) is 40.9 Å². The lowest BCUT2D eigenvalue weighted by Gasteiger charge is -2.12. The first-order valence-corrected chi connectivity index (χ1v) is 9.99. The molecular formula is C17H20N2O3S. The van der Waals surface area contributed by atoms with Crippen molar-refractivity contribution in [2.75, 3.05) is 11.5 Å². The van der Waals surface area contributed by atoms with Crippen molar-refractivity contribution < 1.29 is 13.2 Å². The highest BCUT2D eigenvalue weighted by Crippen LogP contribution is 2.29. The van der Waals surface area contributed by atoms with Crippen LogP contribution < -0.4 is 5.32 Å². The number of nitrogens with one attached hydrogen (secondary N) is 2.